The lowest BCUT2D eigenvalue weighted by Crippen LogP contribution is -2.12. The molecule has 4 nitrogen and oxygen atoms in total. The van der Waals surface area contributed by atoms with E-state index in [4.69, 9.17) is 9.47 Å². The van der Waals surface area contributed by atoms with Gasteiger partial charge in [0, 0.05) is 17.7 Å². The van der Waals surface area contributed by atoms with Crippen molar-refractivity contribution >= 4 is 11.6 Å². The molecular weight excluding hydrogens is 302 g/mol. The number of amides is 1. The maximum Gasteiger partial charge on any atom is 0.224 e. The van der Waals surface area contributed by atoms with Gasteiger partial charge in [-0.1, -0.05) is 26.0 Å². The number of ether oxygens (including phenoxy) is 2. The predicted octanol–water partition coefficient (Wildman–Crippen LogP) is 4.49. The molecule has 0 fully saturated rings. The summed E-state index contributed by atoms with van der Waals surface area (Å²) in [5.41, 5.74) is 4.04. The van der Waals surface area contributed by atoms with E-state index in [1.807, 2.05) is 38.1 Å². The summed E-state index contributed by atoms with van der Waals surface area (Å²) in [4.78, 5) is 11.7. The van der Waals surface area contributed by atoms with Crippen LogP contribution >= 0.6 is 0 Å². The number of methoxy groups -OCH3 is 1. The van der Waals surface area contributed by atoms with Crippen molar-refractivity contribution in [2.24, 2.45) is 0 Å². The molecule has 0 unspecified atom stereocenters. The third kappa shape index (κ3) is 4.51. The molecule has 4 heteroatoms. The van der Waals surface area contributed by atoms with Crippen molar-refractivity contribution in [3.63, 3.8) is 0 Å². The van der Waals surface area contributed by atoms with Gasteiger partial charge in [0.25, 0.3) is 0 Å². The first kappa shape index (κ1) is 17.9. The molecule has 0 aliphatic carbocycles. The summed E-state index contributed by atoms with van der Waals surface area (Å²) in [5, 5.41) is 2.91. The second kappa shape index (κ2) is 8.39. The molecule has 2 aromatic carbocycles. The second-order valence-electron chi connectivity index (χ2n) is 5.67. The molecule has 0 atom stereocenters. The highest BCUT2D eigenvalue weighted by Crippen LogP contribution is 2.26. The summed E-state index contributed by atoms with van der Waals surface area (Å²) in [6, 6.07) is 11.8. The number of hydrogen-bond donors (Lipinski definition) is 1. The molecule has 0 aromatic heterocycles. The zero-order chi connectivity index (χ0) is 17.5. The van der Waals surface area contributed by atoms with Gasteiger partial charge in [-0.05, 0) is 48.7 Å². The molecule has 0 aliphatic heterocycles. The highest BCUT2D eigenvalue weighted by molar-refractivity contribution is 5.91. The molecule has 1 amide bonds. The number of anilines is 1. The van der Waals surface area contributed by atoms with Crippen molar-refractivity contribution < 1.29 is 14.3 Å². The zero-order valence-corrected chi connectivity index (χ0v) is 14.8. The summed E-state index contributed by atoms with van der Waals surface area (Å²) < 4.78 is 11.2. The SMILES string of the molecule is CCC(=O)Nc1ccc(OC)cc1COc1ccc(CC)cc1C. The molecule has 0 aliphatic rings. The Morgan fingerprint density at radius 2 is 1.92 bits per heavy atom. The molecule has 0 saturated carbocycles. The molecule has 0 saturated heterocycles. The molecular formula is C20H25NO3. The van der Waals surface area contributed by atoms with Crippen LogP contribution in [-0.2, 0) is 17.8 Å². The Hall–Kier alpha value is -2.49. The first-order chi connectivity index (χ1) is 11.6. The molecule has 2 aromatic rings. The van der Waals surface area contributed by atoms with E-state index in [1.54, 1.807) is 7.11 Å². The number of carbonyl (C=O) groups is 1. The van der Waals surface area contributed by atoms with Crippen molar-refractivity contribution in [2.75, 3.05) is 12.4 Å². The van der Waals surface area contributed by atoms with Gasteiger partial charge in [-0.2, -0.15) is 0 Å². The van der Waals surface area contributed by atoms with Crippen LogP contribution in [0.3, 0.4) is 0 Å². The summed E-state index contributed by atoms with van der Waals surface area (Å²) in [6.45, 7) is 6.37. The fourth-order valence-corrected chi connectivity index (χ4v) is 2.43. The predicted molar refractivity (Wildman–Crippen MR) is 96.8 cm³/mol. The number of rotatable bonds is 7. The summed E-state index contributed by atoms with van der Waals surface area (Å²) in [7, 11) is 1.62. The van der Waals surface area contributed by atoms with Crippen LogP contribution < -0.4 is 14.8 Å². The summed E-state index contributed by atoms with van der Waals surface area (Å²) >= 11 is 0. The Labute approximate surface area is 143 Å². The smallest absolute Gasteiger partial charge is 0.224 e. The minimum Gasteiger partial charge on any atom is -0.497 e. The van der Waals surface area contributed by atoms with Crippen LogP contribution in [0.25, 0.3) is 0 Å². The van der Waals surface area contributed by atoms with Gasteiger partial charge in [-0.25, -0.2) is 0 Å². The van der Waals surface area contributed by atoms with Crippen LogP contribution in [0.1, 0.15) is 37.0 Å². The highest BCUT2D eigenvalue weighted by Gasteiger charge is 2.09. The Balaban J connectivity index is 2.19. The number of hydrogen-bond acceptors (Lipinski definition) is 3. The average molecular weight is 327 g/mol. The number of nitrogens with one attached hydrogen (secondary N) is 1. The van der Waals surface area contributed by atoms with Crippen molar-refractivity contribution in [3.8, 4) is 11.5 Å². The maximum absolute atomic E-state index is 11.7. The van der Waals surface area contributed by atoms with Crippen LogP contribution in [0, 0.1) is 6.92 Å². The summed E-state index contributed by atoms with van der Waals surface area (Å²) in [6.07, 6.45) is 1.44. The van der Waals surface area contributed by atoms with Gasteiger partial charge >= 0.3 is 0 Å². The molecule has 0 heterocycles. The Kier molecular flexibility index (Phi) is 6.24. The quantitative estimate of drug-likeness (QED) is 0.815. The number of benzene rings is 2. The fraction of sp³-hybridized carbons (Fsp3) is 0.350. The van der Waals surface area contributed by atoms with E-state index >= 15 is 0 Å². The maximum atomic E-state index is 11.7. The third-order valence-corrected chi connectivity index (χ3v) is 3.94. The monoisotopic (exact) mass is 327 g/mol. The molecule has 0 spiro atoms. The van der Waals surface area contributed by atoms with Crippen LogP contribution in [0.15, 0.2) is 36.4 Å². The van der Waals surface area contributed by atoms with Crippen LogP contribution in [-0.4, -0.2) is 13.0 Å². The third-order valence-electron chi connectivity index (χ3n) is 3.94. The minimum atomic E-state index is -0.0232. The van der Waals surface area contributed by atoms with E-state index in [0.717, 1.165) is 34.7 Å². The van der Waals surface area contributed by atoms with E-state index in [-0.39, 0.29) is 5.91 Å². The van der Waals surface area contributed by atoms with Gasteiger partial charge in [-0.3, -0.25) is 4.79 Å². The van der Waals surface area contributed by atoms with E-state index in [9.17, 15) is 4.79 Å². The first-order valence-electron chi connectivity index (χ1n) is 8.26. The van der Waals surface area contributed by atoms with E-state index in [0.29, 0.717) is 13.0 Å². The topological polar surface area (TPSA) is 47.6 Å². The van der Waals surface area contributed by atoms with Gasteiger partial charge in [0.1, 0.15) is 18.1 Å². The Morgan fingerprint density at radius 3 is 2.54 bits per heavy atom. The van der Waals surface area contributed by atoms with Gasteiger partial charge in [0.2, 0.25) is 5.91 Å². The normalized spacial score (nSPS) is 10.3. The highest BCUT2D eigenvalue weighted by atomic mass is 16.5. The van der Waals surface area contributed by atoms with Crippen molar-refractivity contribution in [1.82, 2.24) is 0 Å². The molecule has 2 rings (SSSR count). The summed E-state index contributed by atoms with van der Waals surface area (Å²) in [5.74, 6) is 1.56. The lowest BCUT2D eigenvalue weighted by molar-refractivity contribution is -0.115. The second-order valence-corrected chi connectivity index (χ2v) is 5.67. The van der Waals surface area contributed by atoms with Crippen LogP contribution in [0.2, 0.25) is 0 Å². The molecule has 1 N–H and O–H groups in total. The number of aryl methyl sites for hydroxylation is 2. The van der Waals surface area contributed by atoms with Crippen LogP contribution in [0.4, 0.5) is 5.69 Å². The van der Waals surface area contributed by atoms with Gasteiger partial charge < -0.3 is 14.8 Å². The Bertz CT molecular complexity index is 710. The molecule has 0 bridgehead atoms. The molecule has 24 heavy (non-hydrogen) atoms. The Morgan fingerprint density at radius 1 is 1.12 bits per heavy atom. The first-order valence-corrected chi connectivity index (χ1v) is 8.26. The van der Waals surface area contributed by atoms with Gasteiger partial charge in [0.05, 0.1) is 7.11 Å². The molecule has 0 radical (unpaired) electrons. The van der Waals surface area contributed by atoms with E-state index < -0.39 is 0 Å². The van der Waals surface area contributed by atoms with Crippen molar-refractivity contribution in [1.29, 1.82) is 0 Å². The minimum absolute atomic E-state index is 0.0232. The molecule has 128 valence electrons. The van der Waals surface area contributed by atoms with E-state index in [1.165, 1.54) is 5.56 Å². The van der Waals surface area contributed by atoms with Crippen molar-refractivity contribution in [3.05, 3.63) is 53.1 Å². The fourth-order valence-electron chi connectivity index (χ4n) is 2.43. The standard InChI is InChI=1S/C20H25NO3/c1-5-15-7-10-19(14(3)11-15)24-13-16-12-17(23-4)8-9-18(16)21-20(22)6-2/h7-12H,5-6,13H2,1-4H3,(H,21,22). The lowest BCUT2D eigenvalue weighted by atomic mass is 10.1. The zero-order valence-electron chi connectivity index (χ0n) is 14.8. The number of carbonyl (C=O) groups excluding carboxylic acids is 1. The van der Waals surface area contributed by atoms with Crippen molar-refractivity contribution in [2.45, 2.75) is 40.2 Å². The van der Waals surface area contributed by atoms with E-state index in [2.05, 4.69) is 24.4 Å². The average Bonchev–Trinajstić information content (AvgIpc) is 2.61. The van der Waals surface area contributed by atoms with Crippen LogP contribution in [0.5, 0.6) is 11.5 Å². The largest absolute Gasteiger partial charge is 0.497 e. The lowest BCUT2D eigenvalue weighted by Gasteiger charge is -2.15. The van der Waals surface area contributed by atoms with Gasteiger partial charge in [0.15, 0.2) is 0 Å². The van der Waals surface area contributed by atoms with Gasteiger partial charge in [-0.15, -0.1) is 0 Å².